The highest BCUT2D eigenvalue weighted by molar-refractivity contribution is 7.80. The maximum absolute atomic E-state index is 13.0. The molecule has 1 aromatic heterocycles. The van der Waals surface area contributed by atoms with E-state index in [4.69, 9.17) is 14.2 Å². The molecule has 0 aliphatic carbocycles. The zero-order chi connectivity index (χ0) is 28.4. The quantitative estimate of drug-likeness (QED) is 0.388. The molecular formula is C25H41N5O6S. The number of rotatable bonds is 3. The third-order valence-electron chi connectivity index (χ3n) is 5.08. The van der Waals surface area contributed by atoms with Crippen LogP contribution in [0.4, 0.5) is 26.0 Å². The number of piperidine rings is 1. The predicted molar refractivity (Wildman–Crippen MR) is 143 cm³/mol. The molecule has 0 bridgehead atoms. The molecule has 0 spiro atoms. The number of anilines is 2. The summed E-state index contributed by atoms with van der Waals surface area (Å²) in [5.74, 6) is 0.355. The number of amides is 3. The third kappa shape index (κ3) is 9.56. The number of nitrogens with one attached hydrogen (secondary N) is 1. The van der Waals surface area contributed by atoms with Crippen LogP contribution in [0.3, 0.4) is 0 Å². The molecule has 37 heavy (non-hydrogen) atoms. The smallest absolute Gasteiger partial charge is 0.425 e. The summed E-state index contributed by atoms with van der Waals surface area (Å²) in [5, 5.41) is 3.03. The largest absolute Gasteiger partial charge is 0.444 e. The Balaban J connectivity index is 2.28. The number of carbonyl (C=O) groups is 3. The molecule has 1 aliphatic rings. The Morgan fingerprint density at radius 1 is 0.919 bits per heavy atom. The van der Waals surface area contributed by atoms with E-state index in [-0.39, 0.29) is 10.8 Å². The van der Waals surface area contributed by atoms with E-state index in [0.29, 0.717) is 36.6 Å². The molecule has 0 unspecified atom stereocenters. The van der Waals surface area contributed by atoms with Crippen LogP contribution in [-0.2, 0) is 14.2 Å². The molecule has 3 amide bonds. The molecule has 12 heteroatoms. The van der Waals surface area contributed by atoms with Gasteiger partial charge in [-0.25, -0.2) is 24.4 Å². The van der Waals surface area contributed by atoms with Gasteiger partial charge in [0.1, 0.15) is 27.6 Å². The molecule has 0 saturated carbocycles. The number of alkyl carbamates (subject to hydrolysis) is 1. The highest BCUT2D eigenvalue weighted by Gasteiger charge is 2.37. The monoisotopic (exact) mass is 539 g/mol. The normalized spacial score (nSPS) is 16.0. The first kappa shape index (κ1) is 30.5. The van der Waals surface area contributed by atoms with Crippen LogP contribution in [0.2, 0.25) is 0 Å². The fourth-order valence-electron chi connectivity index (χ4n) is 3.43. The molecule has 2 rings (SSSR count). The Morgan fingerprint density at radius 2 is 1.38 bits per heavy atom. The molecule has 0 atom stereocenters. The molecule has 1 N–H and O–H groups in total. The van der Waals surface area contributed by atoms with Gasteiger partial charge in [-0.1, -0.05) is 0 Å². The molecule has 1 aliphatic heterocycles. The zero-order valence-electron chi connectivity index (χ0n) is 23.6. The number of ether oxygens (including phenoxy) is 3. The Morgan fingerprint density at radius 3 is 1.81 bits per heavy atom. The number of aromatic nitrogens is 2. The minimum Gasteiger partial charge on any atom is -0.444 e. The highest BCUT2D eigenvalue weighted by atomic mass is 32.1. The van der Waals surface area contributed by atoms with Crippen molar-refractivity contribution in [2.45, 2.75) is 109 Å². The molecule has 11 nitrogen and oxygen atoms in total. The van der Waals surface area contributed by atoms with Gasteiger partial charge in [-0.05, 0) is 82.1 Å². The second-order valence-corrected chi connectivity index (χ2v) is 12.8. The summed E-state index contributed by atoms with van der Waals surface area (Å²) in [7, 11) is 0. The van der Waals surface area contributed by atoms with Crippen molar-refractivity contribution < 1.29 is 28.6 Å². The molecule has 0 radical (unpaired) electrons. The second kappa shape index (κ2) is 10.9. The lowest BCUT2D eigenvalue weighted by atomic mass is 9.90. The maximum Gasteiger partial charge on any atom is 0.425 e. The summed E-state index contributed by atoms with van der Waals surface area (Å²) in [5.41, 5.74) is -2.78. The van der Waals surface area contributed by atoms with E-state index < -0.39 is 40.6 Å². The Bertz CT molecular complexity index is 976. The number of carbonyl (C=O) groups excluding carboxylic acids is 3. The number of imide groups is 1. The lowest BCUT2D eigenvalue weighted by Gasteiger charge is -2.40. The Kier molecular flexibility index (Phi) is 8.99. The van der Waals surface area contributed by atoms with Gasteiger partial charge in [0.2, 0.25) is 0 Å². The van der Waals surface area contributed by atoms with Gasteiger partial charge in [0.05, 0.1) is 6.20 Å². The van der Waals surface area contributed by atoms with Gasteiger partial charge in [-0.3, -0.25) is 0 Å². The van der Waals surface area contributed by atoms with Crippen LogP contribution in [0.1, 0.15) is 82.1 Å². The van der Waals surface area contributed by atoms with Crippen molar-refractivity contribution in [3.8, 4) is 0 Å². The highest BCUT2D eigenvalue weighted by Crippen LogP contribution is 2.30. The van der Waals surface area contributed by atoms with Gasteiger partial charge in [0.15, 0.2) is 5.82 Å². The summed E-state index contributed by atoms with van der Waals surface area (Å²) in [6.45, 7) is 18.7. The topological polar surface area (TPSA) is 123 Å². The first-order chi connectivity index (χ1) is 16.7. The van der Waals surface area contributed by atoms with Crippen molar-refractivity contribution in [1.82, 2.24) is 15.3 Å². The van der Waals surface area contributed by atoms with Crippen molar-refractivity contribution in [3.63, 3.8) is 0 Å². The molecule has 1 aromatic rings. The van der Waals surface area contributed by atoms with Crippen LogP contribution < -0.4 is 15.1 Å². The van der Waals surface area contributed by atoms with E-state index in [9.17, 15) is 14.4 Å². The van der Waals surface area contributed by atoms with Gasteiger partial charge in [0.25, 0.3) is 0 Å². The van der Waals surface area contributed by atoms with Crippen molar-refractivity contribution >= 4 is 42.5 Å². The Labute approximate surface area is 225 Å². The van der Waals surface area contributed by atoms with Crippen molar-refractivity contribution in [1.29, 1.82) is 0 Å². The van der Waals surface area contributed by atoms with E-state index in [1.165, 1.54) is 6.20 Å². The number of hydrogen-bond acceptors (Lipinski definition) is 10. The average molecular weight is 540 g/mol. The minimum atomic E-state index is -0.948. The van der Waals surface area contributed by atoms with Gasteiger partial charge in [-0.2, -0.15) is 4.90 Å². The number of thiol groups is 1. The number of hydrogen-bond donors (Lipinski definition) is 2. The maximum atomic E-state index is 13.0. The molecule has 208 valence electrons. The van der Waals surface area contributed by atoms with Gasteiger partial charge < -0.3 is 24.4 Å². The molecule has 0 aromatic carbocycles. The number of nitrogens with zero attached hydrogens (tertiary/aromatic N) is 4. The summed E-state index contributed by atoms with van der Waals surface area (Å²) >= 11 is 4.35. The summed E-state index contributed by atoms with van der Waals surface area (Å²) in [6.07, 6.45) is 0.405. The van der Waals surface area contributed by atoms with E-state index in [1.807, 2.05) is 32.6 Å². The van der Waals surface area contributed by atoms with Crippen LogP contribution >= 0.6 is 12.6 Å². The molecular weight excluding hydrogens is 498 g/mol. The van der Waals surface area contributed by atoms with Crippen molar-refractivity contribution in [2.24, 2.45) is 0 Å². The van der Waals surface area contributed by atoms with Crippen molar-refractivity contribution in [2.75, 3.05) is 22.9 Å². The van der Waals surface area contributed by atoms with E-state index in [0.717, 1.165) is 0 Å². The first-order valence-corrected chi connectivity index (χ1v) is 12.7. The van der Waals surface area contributed by atoms with Crippen LogP contribution in [0.25, 0.3) is 0 Å². The van der Waals surface area contributed by atoms with Gasteiger partial charge in [-0.15, -0.1) is 12.6 Å². The lowest BCUT2D eigenvalue weighted by Crippen LogP contribution is -2.54. The second-order valence-electron chi connectivity index (χ2n) is 12.3. The van der Waals surface area contributed by atoms with E-state index >= 15 is 0 Å². The van der Waals surface area contributed by atoms with Gasteiger partial charge in [0, 0.05) is 18.6 Å². The van der Waals surface area contributed by atoms with Crippen molar-refractivity contribution in [3.05, 3.63) is 6.20 Å². The van der Waals surface area contributed by atoms with E-state index in [2.05, 4.69) is 27.9 Å². The van der Waals surface area contributed by atoms with Crippen LogP contribution in [0.15, 0.2) is 11.2 Å². The van der Waals surface area contributed by atoms with Crippen LogP contribution in [-0.4, -0.2) is 63.7 Å². The third-order valence-corrected chi connectivity index (χ3v) is 5.40. The van der Waals surface area contributed by atoms with E-state index in [1.54, 1.807) is 41.5 Å². The summed E-state index contributed by atoms with van der Waals surface area (Å²) in [6, 6.07) is 0. The average Bonchev–Trinajstić information content (AvgIpc) is 2.65. The van der Waals surface area contributed by atoms with Gasteiger partial charge >= 0.3 is 18.3 Å². The summed E-state index contributed by atoms with van der Waals surface area (Å²) in [4.78, 5) is 49.9. The standard InChI is InChI=1S/C25H41N5O6S/c1-22(2,3)34-19(31)28-25(10)11-13-29(14-12-25)16-15-26-18(37)17(27-16)30(20(32)35-23(4,5)6)21(33)36-24(7,8)9/h15H,11-14H2,1-10H3,(H,26,37)(H,28,31). The zero-order valence-corrected chi connectivity index (χ0v) is 24.5. The minimum absolute atomic E-state index is 0.0638. The first-order valence-electron chi connectivity index (χ1n) is 12.3. The molecule has 1 fully saturated rings. The summed E-state index contributed by atoms with van der Waals surface area (Å²) < 4.78 is 16.3. The van der Waals surface area contributed by atoms with Crippen LogP contribution in [0.5, 0.6) is 0 Å². The fraction of sp³-hybridized carbons (Fsp3) is 0.720. The SMILES string of the molecule is CC1(NC(=O)OC(C)(C)C)CCN(c2cnc(S)c(N(C(=O)OC(C)(C)C)C(=O)OC(C)(C)C)n2)CC1. The fourth-order valence-corrected chi connectivity index (χ4v) is 3.64. The lowest BCUT2D eigenvalue weighted by molar-refractivity contribution is 0.0419. The molecule has 1 saturated heterocycles. The molecule has 2 heterocycles. The van der Waals surface area contributed by atoms with Crippen LogP contribution in [0, 0.1) is 0 Å². The Hall–Kier alpha value is -2.76. The predicted octanol–water partition coefficient (Wildman–Crippen LogP) is 5.33.